The van der Waals surface area contributed by atoms with Crippen molar-refractivity contribution in [3.63, 3.8) is 0 Å². The van der Waals surface area contributed by atoms with Crippen LogP contribution in [-0.4, -0.2) is 28.9 Å². The van der Waals surface area contributed by atoms with Gasteiger partial charge < -0.3 is 9.84 Å². The van der Waals surface area contributed by atoms with Crippen LogP contribution in [-0.2, 0) is 4.79 Å². The fraction of sp³-hybridized carbons (Fsp3) is 0.333. The predicted molar refractivity (Wildman–Crippen MR) is 65.5 cm³/mol. The van der Waals surface area contributed by atoms with Crippen molar-refractivity contribution in [2.45, 2.75) is 19.3 Å². The third-order valence-electron chi connectivity index (χ3n) is 2.49. The first-order valence-corrected chi connectivity index (χ1v) is 5.53. The summed E-state index contributed by atoms with van der Waals surface area (Å²) in [5.41, 5.74) is -0.107. The molecular weight excluding hydrogens is 254 g/mol. The van der Waals surface area contributed by atoms with E-state index in [0.29, 0.717) is 0 Å². The number of benzene rings is 1. The van der Waals surface area contributed by atoms with E-state index >= 15 is 0 Å². The quantitative estimate of drug-likeness (QED) is 0.460. The van der Waals surface area contributed by atoms with Crippen LogP contribution in [0.15, 0.2) is 18.2 Å². The third-order valence-corrected chi connectivity index (χ3v) is 2.49. The van der Waals surface area contributed by atoms with Gasteiger partial charge in [-0.2, -0.15) is 0 Å². The third kappa shape index (κ3) is 4.06. The molecule has 1 N–H and O–H groups in total. The summed E-state index contributed by atoms with van der Waals surface area (Å²) in [5.74, 6) is -1.23. The summed E-state index contributed by atoms with van der Waals surface area (Å²) in [5, 5.41) is 19.3. The van der Waals surface area contributed by atoms with E-state index in [0.717, 1.165) is 6.07 Å². The number of hydrogen-bond acceptors (Lipinski definition) is 5. The first-order valence-electron chi connectivity index (χ1n) is 5.53. The number of hydrogen-bond donors (Lipinski definition) is 1. The largest absolute Gasteiger partial charge is 0.490 e. The summed E-state index contributed by atoms with van der Waals surface area (Å²) < 4.78 is 4.82. The summed E-state index contributed by atoms with van der Waals surface area (Å²) in [6.07, 6.45) is 0.133. The lowest BCUT2D eigenvalue weighted by Gasteiger charge is -2.04. The lowest BCUT2D eigenvalue weighted by atomic mass is 10.0. The van der Waals surface area contributed by atoms with Crippen LogP contribution in [0.2, 0.25) is 0 Å². The number of nitrogens with zero attached hydrogens (tertiary/aromatic N) is 1. The normalized spacial score (nSPS) is 9.95. The van der Waals surface area contributed by atoms with Crippen molar-refractivity contribution in [3.8, 4) is 5.75 Å². The molecule has 0 saturated carbocycles. The Labute approximate surface area is 109 Å². The summed E-state index contributed by atoms with van der Waals surface area (Å²) in [6, 6.07) is 3.92. The number of Topliss-reactive ketones (excluding diaryl/α,β-unsaturated/α-hetero) is 1. The number of methoxy groups -OCH3 is 1. The Morgan fingerprint density at radius 3 is 2.58 bits per heavy atom. The van der Waals surface area contributed by atoms with Crippen molar-refractivity contribution in [2.24, 2.45) is 0 Å². The molecule has 0 atom stereocenters. The second-order valence-electron chi connectivity index (χ2n) is 3.81. The number of aliphatic carboxylic acids is 1. The van der Waals surface area contributed by atoms with Crippen LogP contribution in [0.5, 0.6) is 5.75 Å². The van der Waals surface area contributed by atoms with Crippen molar-refractivity contribution in [2.75, 3.05) is 7.11 Å². The van der Waals surface area contributed by atoms with E-state index in [4.69, 9.17) is 9.84 Å². The van der Waals surface area contributed by atoms with E-state index < -0.39 is 10.9 Å². The fourth-order valence-corrected chi connectivity index (χ4v) is 1.55. The van der Waals surface area contributed by atoms with Gasteiger partial charge in [0, 0.05) is 24.5 Å². The number of rotatable bonds is 7. The van der Waals surface area contributed by atoms with Crippen molar-refractivity contribution in [1.29, 1.82) is 0 Å². The highest BCUT2D eigenvalue weighted by atomic mass is 16.6. The Hall–Kier alpha value is -2.44. The summed E-state index contributed by atoms with van der Waals surface area (Å²) >= 11 is 0. The number of ketones is 1. The number of nitro benzene ring substituents is 1. The predicted octanol–water partition coefficient (Wildman–Crippen LogP) is 2.04. The maximum atomic E-state index is 11.7. The molecule has 7 nitrogen and oxygen atoms in total. The number of carbonyl (C=O) groups excluding carboxylic acids is 1. The highest BCUT2D eigenvalue weighted by molar-refractivity contribution is 5.97. The van der Waals surface area contributed by atoms with E-state index in [9.17, 15) is 19.7 Å². The molecule has 0 aliphatic heterocycles. The van der Waals surface area contributed by atoms with Gasteiger partial charge in [0.05, 0.1) is 12.0 Å². The van der Waals surface area contributed by atoms with Gasteiger partial charge in [-0.15, -0.1) is 0 Å². The average molecular weight is 267 g/mol. The summed E-state index contributed by atoms with van der Waals surface area (Å²) in [6.45, 7) is 0. The second kappa shape index (κ2) is 6.48. The van der Waals surface area contributed by atoms with Gasteiger partial charge in [-0.1, -0.05) is 0 Å². The van der Waals surface area contributed by atoms with Crippen LogP contribution in [0.1, 0.15) is 29.6 Å². The number of carboxylic acids is 1. The molecule has 0 fully saturated rings. The molecule has 0 unspecified atom stereocenters. The highest BCUT2D eigenvalue weighted by Crippen LogP contribution is 2.28. The van der Waals surface area contributed by atoms with Crippen molar-refractivity contribution in [1.82, 2.24) is 0 Å². The maximum Gasteiger partial charge on any atom is 0.311 e. The Morgan fingerprint density at radius 1 is 1.37 bits per heavy atom. The molecule has 19 heavy (non-hydrogen) atoms. The highest BCUT2D eigenvalue weighted by Gasteiger charge is 2.18. The molecule has 7 heteroatoms. The molecule has 0 aromatic heterocycles. The smallest absolute Gasteiger partial charge is 0.311 e. The molecule has 0 spiro atoms. The van der Waals surface area contributed by atoms with Crippen molar-refractivity contribution in [3.05, 3.63) is 33.9 Å². The van der Waals surface area contributed by atoms with Gasteiger partial charge in [0.25, 0.3) is 0 Å². The molecule has 0 radical (unpaired) electrons. The first kappa shape index (κ1) is 14.6. The Balaban J connectivity index is 2.83. The molecule has 1 rings (SSSR count). The van der Waals surface area contributed by atoms with Crippen molar-refractivity contribution >= 4 is 17.4 Å². The van der Waals surface area contributed by atoms with Gasteiger partial charge in [-0.3, -0.25) is 19.7 Å². The van der Waals surface area contributed by atoms with E-state index in [2.05, 4.69) is 0 Å². The molecule has 0 aliphatic rings. The minimum atomic E-state index is -0.978. The standard InChI is InChI=1S/C12H13NO6/c1-19-11-6-5-8(7-9(11)13(17)18)10(14)3-2-4-12(15)16/h5-7H,2-4H2,1H3,(H,15,16). The Kier molecular flexibility index (Phi) is 4.99. The van der Waals surface area contributed by atoms with Gasteiger partial charge in [-0.05, 0) is 18.6 Å². The zero-order valence-corrected chi connectivity index (χ0v) is 10.3. The van der Waals surface area contributed by atoms with E-state index in [1.165, 1.54) is 19.2 Å². The van der Waals surface area contributed by atoms with Crippen LogP contribution in [0.4, 0.5) is 5.69 Å². The van der Waals surface area contributed by atoms with Crippen LogP contribution < -0.4 is 4.74 Å². The molecular formula is C12H13NO6. The molecule has 102 valence electrons. The van der Waals surface area contributed by atoms with Crippen LogP contribution >= 0.6 is 0 Å². The van der Waals surface area contributed by atoms with E-state index in [1.807, 2.05) is 0 Å². The Morgan fingerprint density at radius 2 is 2.05 bits per heavy atom. The number of ether oxygens (including phenoxy) is 1. The number of carboxylic acid groups (broad SMARTS) is 1. The minimum Gasteiger partial charge on any atom is -0.490 e. The molecule has 0 heterocycles. The molecule has 0 aliphatic carbocycles. The fourth-order valence-electron chi connectivity index (χ4n) is 1.55. The van der Waals surface area contributed by atoms with Gasteiger partial charge in [0.15, 0.2) is 11.5 Å². The summed E-state index contributed by atoms with van der Waals surface area (Å²) in [4.78, 5) is 32.2. The van der Waals surface area contributed by atoms with E-state index in [-0.39, 0.29) is 42.0 Å². The average Bonchev–Trinajstić information content (AvgIpc) is 2.37. The SMILES string of the molecule is COc1ccc(C(=O)CCCC(=O)O)cc1[N+](=O)[O-]. The van der Waals surface area contributed by atoms with Gasteiger partial charge >= 0.3 is 11.7 Å². The van der Waals surface area contributed by atoms with Crippen molar-refractivity contribution < 1.29 is 24.4 Å². The zero-order chi connectivity index (χ0) is 14.4. The number of nitro groups is 1. The summed E-state index contributed by atoms with van der Waals surface area (Å²) in [7, 11) is 1.30. The second-order valence-corrected chi connectivity index (χ2v) is 3.81. The molecule has 1 aromatic rings. The maximum absolute atomic E-state index is 11.7. The minimum absolute atomic E-state index is 0.0375. The van der Waals surface area contributed by atoms with Gasteiger partial charge in [0.1, 0.15) is 0 Å². The van der Waals surface area contributed by atoms with E-state index in [1.54, 1.807) is 0 Å². The zero-order valence-electron chi connectivity index (χ0n) is 10.3. The van der Waals surface area contributed by atoms with Crippen LogP contribution in [0.3, 0.4) is 0 Å². The molecule has 0 saturated heterocycles. The lowest BCUT2D eigenvalue weighted by molar-refractivity contribution is -0.385. The first-order chi connectivity index (χ1) is 8.95. The van der Waals surface area contributed by atoms with Gasteiger partial charge in [-0.25, -0.2) is 0 Å². The van der Waals surface area contributed by atoms with Crippen LogP contribution in [0, 0.1) is 10.1 Å². The lowest BCUT2D eigenvalue weighted by Crippen LogP contribution is -2.03. The monoisotopic (exact) mass is 267 g/mol. The topological polar surface area (TPSA) is 107 Å². The molecule has 1 aromatic carbocycles. The van der Waals surface area contributed by atoms with Crippen LogP contribution in [0.25, 0.3) is 0 Å². The Bertz CT molecular complexity index is 511. The number of carbonyl (C=O) groups is 2. The molecule has 0 bridgehead atoms. The molecule has 0 amide bonds. The van der Waals surface area contributed by atoms with Gasteiger partial charge in [0.2, 0.25) is 0 Å².